The molecule has 0 radical (unpaired) electrons. The molecule has 0 bridgehead atoms. The second kappa shape index (κ2) is 5.50. The summed E-state index contributed by atoms with van der Waals surface area (Å²) in [6.07, 6.45) is 0.408. The first-order chi connectivity index (χ1) is 8.69. The van der Waals surface area contributed by atoms with Crippen molar-refractivity contribution in [2.45, 2.75) is 6.42 Å². The molecule has 1 aliphatic heterocycles. The van der Waals surface area contributed by atoms with Gasteiger partial charge in [-0.2, -0.15) is 0 Å². The molecule has 1 aromatic rings. The summed E-state index contributed by atoms with van der Waals surface area (Å²) in [6.45, 7) is 0.632. The van der Waals surface area contributed by atoms with Crippen molar-refractivity contribution < 1.29 is 14.3 Å². The molecule has 0 atom stereocenters. The number of carbonyl (C=O) groups is 2. The molecule has 6 nitrogen and oxygen atoms in total. The van der Waals surface area contributed by atoms with Crippen molar-refractivity contribution in [3.05, 3.63) is 18.2 Å². The number of rotatable bonds is 4. The third-order valence-corrected chi connectivity index (χ3v) is 2.50. The second-order valence-electron chi connectivity index (χ2n) is 3.95. The van der Waals surface area contributed by atoms with Crippen LogP contribution in [-0.4, -0.2) is 32.0 Å². The van der Waals surface area contributed by atoms with Crippen LogP contribution < -0.4 is 20.7 Å². The maximum atomic E-state index is 11.5. The zero-order valence-corrected chi connectivity index (χ0v) is 10.1. The van der Waals surface area contributed by atoms with E-state index in [0.717, 1.165) is 0 Å². The van der Waals surface area contributed by atoms with E-state index < -0.39 is 0 Å². The highest BCUT2D eigenvalue weighted by Crippen LogP contribution is 2.30. The van der Waals surface area contributed by atoms with Crippen LogP contribution in [0.25, 0.3) is 0 Å². The van der Waals surface area contributed by atoms with Gasteiger partial charge in [-0.25, -0.2) is 0 Å². The van der Waals surface area contributed by atoms with E-state index in [2.05, 4.69) is 16.0 Å². The van der Waals surface area contributed by atoms with E-state index in [1.54, 1.807) is 25.2 Å². The lowest BCUT2D eigenvalue weighted by Crippen LogP contribution is -2.25. The van der Waals surface area contributed by atoms with Gasteiger partial charge in [0, 0.05) is 24.7 Å². The summed E-state index contributed by atoms with van der Waals surface area (Å²) in [6, 6.07) is 5.14. The fourth-order valence-corrected chi connectivity index (χ4v) is 1.61. The van der Waals surface area contributed by atoms with Gasteiger partial charge in [-0.3, -0.25) is 9.59 Å². The molecule has 1 aromatic carbocycles. The molecule has 0 saturated carbocycles. The molecule has 18 heavy (non-hydrogen) atoms. The number of ether oxygens (including phenoxy) is 1. The molecule has 0 spiro atoms. The molecular formula is C12H15N3O3. The lowest BCUT2D eigenvalue weighted by molar-refractivity contribution is -0.118. The average Bonchev–Trinajstić information content (AvgIpc) is 2.36. The molecule has 0 aliphatic carbocycles. The summed E-state index contributed by atoms with van der Waals surface area (Å²) in [5, 5.41) is 8.36. The van der Waals surface area contributed by atoms with E-state index in [9.17, 15) is 9.59 Å². The van der Waals surface area contributed by atoms with Crippen molar-refractivity contribution in [1.29, 1.82) is 0 Å². The number of amides is 2. The first kappa shape index (κ1) is 12.4. The molecule has 1 heterocycles. The lowest BCUT2D eigenvalue weighted by Gasteiger charge is -2.18. The number of fused-ring (bicyclic) bond motifs is 1. The van der Waals surface area contributed by atoms with Crippen LogP contribution in [0.4, 0.5) is 11.4 Å². The first-order valence-corrected chi connectivity index (χ1v) is 5.70. The van der Waals surface area contributed by atoms with Gasteiger partial charge < -0.3 is 20.7 Å². The van der Waals surface area contributed by atoms with Crippen LogP contribution in [0.5, 0.6) is 5.75 Å². The molecule has 96 valence electrons. The maximum Gasteiger partial charge on any atom is 0.262 e. The molecule has 0 saturated heterocycles. The Bertz CT molecular complexity index is 474. The van der Waals surface area contributed by atoms with E-state index in [4.69, 9.17) is 4.74 Å². The van der Waals surface area contributed by atoms with Gasteiger partial charge in [0.25, 0.3) is 5.91 Å². The third-order valence-electron chi connectivity index (χ3n) is 2.50. The fraction of sp³-hybridized carbons (Fsp3) is 0.333. The average molecular weight is 249 g/mol. The number of carbonyl (C=O) groups excluding carboxylic acids is 2. The number of hydrogen-bond acceptors (Lipinski definition) is 4. The Hall–Kier alpha value is -2.08. The van der Waals surface area contributed by atoms with Crippen LogP contribution in [0.1, 0.15) is 6.42 Å². The molecule has 2 rings (SSSR count). The van der Waals surface area contributed by atoms with Crippen molar-refractivity contribution in [2.75, 3.05) is 30.8 Å². The summed E-state index contributed by atoms with van der Waals surface area (Å²) in [5.74, 6) is 0.332. The Kier molecular flexibility index (Phi) is 3.78. The molecule has 3 N–H and O–H groups in total. The highest BCUT2D eigenvalue weighted by atomic mass is 16.5. The van der Waals surface area contributed by atoms with E-state index in [0.29, 0.717) is 30.1 Å². The predicted octanol–water partition coefficient (Wildman–Crippen LogP) is 0.565. The van der Waals surface area contributed by atoms with Gasteiger partial charge in [0.1, 0.15) is 5.75 Å². The predicted molar refractivity (Wildman–Crippen MR) is 67.7 cm³/mol. The summed E-state index contributed by atoms with van der Waals surface area (Å²) in [5.41, 5.74) is 1.28. The highest BCUT2D eigenvalue weighted by Gasteiger charge is 2.16. The summed E-state index contributed by atoms with van der Waals surface area (Å²) >= 11 is 0. The van der Waals surface area contributed by atoms with Crippen LogP contribution >= 0.6 is 0 Å². The molecule has 0 fully saturated rings. The number of anilines is 2. The van der Waals surface area contributed by atoms with Crippen molar-refractivity contribution in [3.63, 3.8) is 0 Å². The zero-order chi connectivity index (χ0) is 13.0. The Morgan fingerprint density at radius 2 is 2.33 bits per heavy atom. The van der Waals surface area contributed by atoms with Gasteiger partial charge in [0.15, 0.2) is 6.61 Å². The summed E-state index contributed by atoms with van der Waals surface area (Å²) < 4.78 is 5.26. The third kappa shape index (κ3) is 2.98. The van der Waals surface area contributed by atoms with Gasteiger partial charge >= 0.3 is 0 Å². The zero-order valence-electron chi connectivity index (χ0n) is 10.1. The molecule has 0 unspecified atom stereocenters. The van der Waals surface area contributed by atoms with Crippen LogP contribution in [-0.2, 0) is 9.59 Å². The minimum atomic E-state index is -0.173. The van der Waals surface area contributed by atoms with Crippen molar-refractivity contribution >= 4 is 23.2 Å². The van der Waals surface area contributed by atoms with E-state index in [-0.39, 0.29) is 18.4 Å². The summed E-state index contributed by atoms with van der Waals surface area (Å²) in [7, 11) is 1.79. The van der Waals surface area contributed by atoms with Crippen molar-refractivity contribution in [1.82, 2.24) is 5.32 Å². The molecule has 1 aliphatic rings. The Labute approximate surface area is 105 Å². The van der Waals surface area contributed by atoms with Crippen LogP contribution in [0.15, 0.2) is 18.2 Å². The topological polar surface area (TPSA) is 79.5 Å². The largest absolute Gasteiger partial charge is 0.482 e. The molecule has 2 amide bonds. The smallest absolute Gasteiger partial charge is 0.262 e. The second-order valence-corrected chi connectivity index (χ2v) is 3.95. The molecule has 0 aromatic heterocycles. The monoisotopic (exact) mass is 249 g/mol. The molecular weight excluding hydrogens is 234 g/mol. The van der Waals surface area contributed by atoms with E-state index in [1.807, 2.05) is 0 Å². The van der Waals surface area contributed by atoms with E-state index >= 15 is 0 Å². The van der Waals surface area contributed by atoms with Crippen LogP contribution in [0, 0.1) is 0 Å². The number of hydrogen-bond donors (Lipinski definition) is 3. The highest BCUT2D eigenvalue weighted by molar-refractivity contribution is 5.97. The minimum Gasteiger partial charge on any atom is -0.482 e. The van der Waals surface area contributed by atoms with Gasteiger partial charge in [-0.1, -0.05) is 0 Å². The van der Waals surface area contributed by atoms with Crippen molar-refractivity contribution in [3.8, 4) is 5.75 Å². The standard InChI is InChI=1S/C12H15N3O3/c1-13-5-4-11(16)14-8-2-3-9-10(6-8)18-7-12(17)15-9/h2-3,6,13H,4-5,7H2,1H3,(H,14,16)(H,15,17). The normalized spacial score (nSPS) is 13.3. The molecule has 6 heteroatoms. The minimum absolute atomic E-state index is 0.00412. The Balaban J connectivity index is 2.03. The van der Waals surface area contributed by atoms with Crippen LogP contribution in [0.2, 0.25) is 0 Å². The van der Waals surface area contributed by atoms with E-state index in [1.165, 1.54) is 0 Å². The van der Waals surface area contributed by atoms with Gasteiger partial charge in [0.2, 0.25) is 5.91 Å². The summed E-state index contributed by atoms with van der Waals surface area (Å²) in [4.78, 5) is 22.6. The fourth-order valence-electron chi connectivity index (χ4n) is 1.61. The lowest BCUT2D eigenvalue weighted by atomic mass is 10.2. The Morgan fingerprint density at radius 1 is 1.50 bits per heavy atom. The number of benzene rings is 1. The maximum absolute atomic E-state index is 11.5. The van der Waals surface area contributed by atoms with Crippen molar-refractivity contribution in [2.24, 2.45) is 0 Å². The number of nitrogens with one attached hydrogen (secondary N) is 3. The Morgan fingerprint density at radius 3 is 3.11 bits per heavy atom. The van der Waals surface area contributed by atoms with Crippen LogP contribution in [0.3, 0.4) is 0 Å². The van der Waals surface area contributed by atoms with Gasteiger partial charge in [-0.15, -0.1) is 0 Å². The quantitative estimate of drug-likeness (QED) is 0.728. The first-order valence-electron chi connectivity index (χ1n) is 5.70. The van der Waals surface area contributed by atoms with Gasteiger partial charge in [0.05, 0.1) is 5.69 Å². The SMILES string of the molecule is CNCCC(=O)Nc1ccc2c(c1)OCC(=O)N2. The van der Waals surface area contributed by atoms with Gasteiger partial charge in [-0.05, 0) is 19.2 Å².